The number of piperidine rings is 1. The normalized spacial score (nSPS) is 21.6. The van der Waals surface area contributed by atoms with Gasteiger partial charge in [-0.05, 0) is 52.5 Å². The molecule has 1 aliphatic heterocycles. The highest BCUT2D eigenvalue weighted by Crippen LogP contribution is 2.19. The lowest BCUT2D eigenvalue weighted by Gasteiger charge is -2.34. The largest absolute Gasteiger partial charge is 0.444 e. The maximum atomic E-state index is 12.1. The summed E-state index contributed by atoms with van der Waals surface area (Å²) < 4.78 is 5.42. The Bertz CT molecular complexity index is 298. The van der Waals surface area contributed by atoms with E-state index in [0.717, 1.165) is 38.9 Å². The van der Waals surface area contributed by atoms with Crippen LogP contribution < -0.4 is 5.32 Å². The Balaban J connectivity index is 2.40. The number of carbonyl (C=O) groups is 1. The molecule has 0 spiro atoms. The van der Waals surface area contributed by atoms with Gasteiger partial charge in [-0.25, -0.2) is 4.79 Å². The fraction of sp³-hybridized carbons (Fsp3) is 0.933. The van der Waals surface area contributed by atoms with Crippen LogP contribution >= 0.6 is 0 Å². The van der Waals surface area contributed by atoms with Gasteiger partial charge in [0, 0.05) is 19.1 Å². The molecule has 0 saturated carbocycles. The van der Waals surface area contributed by atoms with E-state index >= 15 is 0 Å². The Morgan fingerprint density at radius 1 is 1.50 bits per heavy atom. The standard InChI is InChI=1S/C15H30N2O3/c1-5-13(11-18)16-9-12-7-6-8-17(10-12)14(19)20-15(2,3)4/h12-13,16,18H,5-11H2,1-4H3/t12?,13-/m1/s1. The molecule has 2 atom stereocenters. The number of rotatable bonds is 5. The van der Waals surface area contributed by atoms with Crippen molar-refractivity contribution < 1.29 is 14.6 Å². The maximum absolute atomic E-state index is 12.1. The van der Waals surface area contributed by atoms with Gasteiger partial charge in [-0.15, -0.1) is 0 Å². The second-order valence-corrected chi connectivity index (χ2v) is 6.63. The molecule has 1 rings (SSSR count). The maximum Gasteiger partial charge on any atom is 0.410 e. The second-order valence-electron chi connectivity index (χ2n) is 6.63. The van der Waals surface area contributed by atoms with Crippen LogP contribution in [0.3, 0.4) is 0 Å². The monoisotopic (exact) mass is 286 g/mol. The minimum absolute atomic E-state index is 0.159. The smallest absolute Gasteiger partial charge is 0.410 e. The second kappa shape index (κ2) is 7.84. The molecule has 1 unspecified atom stereocenters. The van der Waals surface area contributed by atoms with Gasteiger partial charge in [-0.1, -0.05) is 6.92 Å². The average molecular weight is 286 g/mol. The highest BCUT2D eigenvalue weighted by Gasteiger charge is 2.27. The Labute approximate surface area is 122 Å². The summed E-state index contributed by atoms with van der Waals surface area (Å²) >= 11 is 0. The predicted molar refractivity (Wildman–Crippen MR) is 79.7 cm³/mol. The van der Waals surface area contributed by atoms with Crippen molar-refractivity contribution in [3.63, 3.8) is 0 Å². The van der Waals surface area contributed by atoms with Crippen molar-refractivity contribution in [1.29, 1.82) is 0 Å². The lowest BCUT2D eigenvalue weighted by molar-refractivity contribution is 0.0164. The van der Waals surface area contributed by atoms with E-state index in [1.807, 2.05) is 20.8 Å². The van der Waals surface area contributed by atoms with Gasteiger partial charge in [0.25, 0.3) is 0 Å². The summed E-state index contributed by atoms with van der Waals surface area (Å²) in [6, 6.07) is 0.159. The molecule has 0 aromatic heterocycles. The van der Waals surface area contributed by atoms with E-state index in [-0.39, 0.29) is 18.7 Å². The summed E-state index contributed by atoms with van der Waals surface area (Å²) in [6.45, 7) is 10.3. The third-order valence-electron chi connectivity index (χ3n) is 3.58. The molecule has 2 N–H and O–H groups in total. The number of likely N-dealkylation sites (tertiary alicyclic amines) is 1. The number of ether oxygens (including phenoxy) is 1. The third kappa shape index (κ3) is 6.09. The lowest BCUT2D eigenvalue weighted by atomic mass is 9.98. The minimum Gasteiger partial charge on any atom is -0.444 e. The van der Waals surface area contributed by atoms with Crippen LogP contribution in [-0.2, 0) is 4.74 Å². The molecule has 0 aliphatic carbocycles. The van der Waals surface area contributed by atoms with Crippen molar-refractivity contribution in [2.24, 2.45) is 5.92 Å². The van der Waals surface area contributed by atoms with Crippen molar-refractivity contribution >= 4 is 6.09 Å². The van der Waals surface area contributed by atoms with Crippen LogP contribution in [0.25, 0.3) is 0 Å². The van der Waals surface area contributed by atoms with Crippen molar-refractivity contribution in [1.82, 2.24) is 10.2 Å². The van der Waals surface area contributed by atoms with Crippen LogP contribution in [0.5, 0.6) is 0 Å². The lowest BCUT2D eigenvalue weighted by Crippen LogP contribution is -2.46. The number of nitrogens with zero attached hydrogens (tertiary/aromatic N) is 1. The molecule has 0 aromatic rings. The van der Waals surface area contributed by atoms with Crippen LogP contribution in [0.4, 0.5) is 4.79 Å². The zero-order valence-electron chi connectivity index (χ0n) is 13.3. The first-order valence-corrected chi connectivity index (χ1v) is 7.68. The molecule has 1 aliphatic rings. The zero-order chi connectivity index (χ0) is 15.2. The molecule has 1 heterocycles. The molecule has 0 aromatic carbocycles. The molecule has 5 heteroatoms. The molecular weight excluding hydrogens is 256 g/mol. The van der Waals surface area contributed by atoms with Crippen molar-refractivity contribution in [2.45, 2.75) is 58.6 Å². The van der Waals surface area contributed by atoms with E-state index in [2.05, 4.69) is 12.2 Å². The Morgan fingerprint density at radius 2 is 2.20 bits per heavy atom. The van der Waals surface area contributed by atoms with Gasteiger partial charge in [0.1, 0.15) is 5.60 Å². The molecule has 0 radical (unpaired) electrons. The molecule has 5 nitrogen and oxygen atoms in total. The van der Waals surface area contributed by atoms with E-state index < -0.39 is 5.60 Å². The van der Waals surface area contributed by atoms with Crippen LogP contribution in [0.15, 0.2) is 0 Å². The number of amides is 1. The molecular formula is C15H30N2O3. The Morgan fingerprint density at radius 3 is 2.75 bits per heavy atom. The topological polar surface area (TPSA) is 61.8 Å². The van der Waals surface area contributed by atoms with Gasteiger partial charge < -0.3 is 20.1 Å². The molecule has 20 heavy (non-hydrogen) atoms. The highest BCUT2D eigenvalue weighted by molar-refractivity contribution is 5.68. The van der Waals surface area contributed by atoms with Gasteiger partial charge >= 0.3 is 6.09 Å². The predicted octanol–water partition coefficient (Wildman–Crippen LogP) is 1.99. The fourth-order valence-corrected chi connectivity index (χ4v) is 2.40. The first-order valence-electron chi connectivity index (χ1n) is 7.68. The van der Waals surface area contributed by atoms with Crippen LogP contribution in [0.1, 0.15) is 47.0 Å². The minimum atomic E-state index is -0.438. The van der Waals surface area contributed by atoms with Crippen molar-refractivity contribution in [2.75, 3.05) is 26.2 Å². The van der Waals surface area contributed by atoms with Crippen LogP contribution in [0.2, 0.25) is 0 Å². The molecule has 1 fully saturated rings. The highest BCUT2D eigenvalue weighted by atomic mass is 16.6. The number of aliphatic hydroxyl groups is 1. The summed E-state index contributed by atoms with van der Waals surface area (Å²) in [5.41, 5.74) is -0.438. The summed E-state index contributed by atoms with van der Waals surface area (Å²) in [6.07, 6.45) is 2.84. The molecule has 1 amide bonds. The molecule has 1 saturated heterocycles. The fourth-order valence-electron chi connectivity index (χ4n) is 2.40. The van der Waals surface area contributed by atoms with Gasteiger partial charge in [0.2, 0.25) is 0 Å². The van der Waals surface area contributed by atoms with E-state index in [9.17, 15) is 9.90 Å². The quantitative estimate of drug-likeness (QED) is 0.811. The van der Waals surface area contributed by atoms with Gasteiger partial charge in [0.15, 0.2) is 0 Å². The molecule has 118 valence electrons. The van der Waals surface area contributed by atoms with Crippen LogP contribution in [-0.4, -0.2) is 54.0 Å². The van der Waals surface area contributed by atoms with Crippen LogP contribution in [0, 0.1) is 5.92 Å². The van der Waals surface area contributed by atoms with Gasteiger partial charge in [0.05, 0.1) is 6.61 Å². The Hall–Kier alpha value is -0.810. The number of carbonyl (C=O) groups excluding carboxylic acids is 1. The van der Waals surface area contributed by atoms with Crippen molar-refractivity contribution in [3.05, 3.63) is 0 Å². The van der Waals surface area contributed by atoms with Crippen molar-refractivity contribution in [3.8, 4) is 0 Å². The average Bonchev–Trinajstić information content (AvgIpc) is 2.38. The number of hydrogen-bond donors (Lipinski definition) is 2. The summed E-state index contributed by atoms with van der Waals surface area (Å²) in [7, 11) is 0. The third-order valence-corrected chi connectivity index (χ3v) is 3.58. The summed E-state index contributed by atoms with van der Waals surface area (Å²) in [5.74, 6) is 0.442. The SMILES string of the molecule is CC[C@H](CO)NCC1CCCN(C(=O)OC(C)(C)C)C1. The number of hydrogen-bond acceptors (Lipinski definition) is 4. The Kier molecular flexibility index (Phi) is 6.76. The van der Waals surface area contributed by atoms with E-state index in [1.165, 1.54) is 0 Å². The zero-order valence-corrected chi connectivity index (χ0v) is 13.3. The van der Waals surface area contributed by atoms with Gasteiger partial charge in [-0.2, -0.15) is 0 Å². The first-order chi connectivity index (χ1) is 9.35. The van der Waals surface area contributed by atoms with E-state index in [4.69, 9.17) is 4.74 Å². The number of aliphatic hydroxyl groups excluding tert-OH is 1. The van der Waals surface area contributed by atoms with E-state index in [1.54, 1.807) is 4.90 Å². The summed E-state index contributed by atoms with van der Waals surface area (Å²) in [5, 5.41) is 12.5. The van der Waals surface area contributed by atoms with Gasteiger partial charge in [-0.3, -0.25) is 0 Å². The first kappa shape index (κ1) is 17.2. The summed E-state index contributed by atoms with van der Waals surface area (Å²) in [4.78, 5) is 13.9. The van der Waals surface area contributed by atoms with E-state index in [0.29, 0.717) is 5.92 Å². The number of nitrogens with one attached hydrogen (secondary N) is 1. The molecule has 0 bridgehead atoms.